The van der Waals surface area contributed by atoms with Crippen molar-refractivity contribution in [3.63, 3.8) is 0 Å². The van der Waals surface area contributed by atoms with E-state index in [0.717, 1.165) is 16.8 Å². The number of hydrogen-bond donors (Lipinski definition) is 0. The van der Waals surface area contributed by atoms with Gasteiger partial charge in [-0.25, -0.2) is 0 Å². The van der Waals surface area contributed by atoms with Crippen molar-refractivity contribution in [2.24, 2.45) is 5.11 Å². The van der Waals surface area contributed by atoms with Crippen LogP contribution in [0.25, 0.3) is 21.6 Å². The highest BCUT2D eigenvalue weighted by atomic mass is 16.5. The van der Waals surface area contributed by atoms with E-state index in [-0.39, 0.29) is 5.56 Å². The first-order valence-corrected chi connectivity index (χ1v) is 5.86. The Morgan fingerprint density at radius 2 is 2.15 bits per heavy atom. The van der Waals surface area contributed by atoms with Crippen molar-refractivity contribution in [3.05, 3.63) is 58.2 Å². The smallest absolute Gasteiger partial charge is 0.249 e. The Bertz CT molecular complexity index is 706. The fraction of sp³-hybridized carbons (Fsp3) is 0.143. The Labute approximate surface area is 115 Å². The van der Waals surface area contributed by atoms with Gasteiger partial charge in [-0.15, -0.1) is 0 Å². The molecular weight excluding hydrogens is 256 g/mol. The van der Waals surface area contributed by atoms with Gasteiger partial charge in [0.1, 0.15) is 5.75 Å². The third-order valence-electron chi connectivity index (χ3n) is 2.79. The molecule has 0 fully saturated rings. The molecule has 2 rings (SSSR count). The van der Waals surface area contributed by atoms with E-state index >= 15 is 0 Å². The molecule has 6 heteroatoms. The van der Waals surface area contributed by atoms with Crippen LogP contribution >= 0.6 is 0 Å². The maximum absolute atomic E-state index is 11.5. The molecule has 0 N–H and O–H groups in total. The number of benzene rings is 1. The van der Waals surface area contributed by atoms with Crippen LogP contribution in [0, 0.1) is 6.92 Å². The van der Waals surface area contributed by atoms with Crippen LogP contribution in [-0.2, 0) is 0 Å². The zero-order chi connectivity index (χ0) is 14.5. The van der Waals surface area contributed by atoms with Gasteiger partial charge in [-0.1, -0.05) is 6.07 Å². The number of ether oxygens (including phenoxy) is 1. The number of methoxy groups -OCH3 is 1. The Hall–Kier alpha value is -2.85. The molecule has 0 bridgehead atoms. The summed E-state index contributed by atoms with van der Waals surface area (Å²) in [6.07, 6.45) is 1.71. The number of amides is 1. The van der Waals surface area contributed by atoms with Gasteiger partial charge < -0.3 is 4.74 Å². The molecule has 0 aliphatic rings. The van der Waals surface area contributed by atoms with Crippen LogP contribution in [0.5, 0.6) is 5.75 Å². The molecular formula is C14H12N4O2. The highest BCUT2D eigenvalue weighted by molar-refractivity contribution is 5.96. The monoisotopic (exact) mass is 268 g/mol. The fourth-order valence-corrected chi connectivity index (χ4v) is 1.87. The Morgan fingerprint density at radius 3 is 2.80 bits per heavy atom. The molecule has 20 heavy (non-hydrogen) atoms. The molecule has 0 aliphatic carbocycles. The minimum absolute atomic E-state index is 0.286. The number of hydrogen-bond acceptors (Lipinski definition) is 3. The molecule has 0 saturated carbocycles. The Morgan fingerprint density at radius 1 is 1.35 bits per heavy atom. The number of rotatable bonds is 3. The second kappa shape index (κ2) is 5.86. The second-order valence-electron chi connectivity index (χ2n) is 4.10. The minimum Gasteiger partial charge on any atom is -0.496 e. The summed E-state index contributed by atoms with van der Waals surface area (Å²) in [5.41, 5.74) is 11.2. The van der Waals surface area contributed by atoms with E-state index in [1.165, 1.54) is 7.11 Å². The number of azide groups is 1. The summed E-state index contributed by atoms with van der Waals surface area (Å²) in [6, 6.07) is 8.70. The number of aromatic nitrogens is 1. The van der Waals surface area contributed by atoms with Gasteiger partial charge in [0.2, 0.25) is 5.91 Å². The molecule has 100 valence electrons. The SMILES string of the molecule is COc1cc(C(=O)N=[N+]=[N-])ccc1-c1ccnc(C)c1. The first kappa shape index (κ1) is 13.6. The largest absolute Gasteiger partial charge is 0.496 e. The third kappa shape index (κ3) is 2.76. The molecule has 0 radical (unpaired) electrons. The van der Waals surface area contributed by atoms with Crippen LogP contribution in [0.15, 0.2) is 41.6 Å². The highest BCUT2D eigenvalue weighted by Crippen LogP contribution is 2.31. The van der Waals surface area contributed by atoms with Crippen LogP contribution in [-0.4, -0.2) is 18.0 Å². The predicted octanol–water partition coefficient (Wildman–Crippen LogP) is 3.52. The summed E-state index contributed by atoms with van der Waals surface area (Å²) in [5, 5.41) is 3.06. The molecule has 0 unspecified atom stereocenters. The molecule has 6 nitrogen and oxygen atoms in total. The van der Waals surface area contributed by atoms with Crippen molar-refractivity contribution in [2.45, 2.75) is 6.92 Å². The van der Waals surface area contributed by atoms with E-state index in [2.05, 4.69) is 15.0 Å². The lowest BCUT2D eigenvalue weighted by Crippen LogP contribution is -1.96. The van der Waals surface area contributed by atoms with Crippen molar-refractivity contribution in [2.75, 3.05) is 7.11 Å². The maximum atomic E-state index is 11.5. The lowest BCUT2D eigenvalue weighted by molar-refractivity contribution is 0.1000. The van der Waals surface area contributed by atoms with E-state index in [9.17, 15) is 4.79 Å². The fourth-order valence-electron chi connectivity index (χ4n) is 1.87. The van der Waals surface area contributed by atoms with Crippen LogP contribution < -0.4 is 4.74 Å². The first-order valence-electron chi connectivity index (χ1n) is 5.86. The molecule has 1 heterocycles. The number of carbonyl (C=O) groups excluding carboxylic acids is 1. The lowest BCUT2D eigenvalue weighted by atomic mass is 10.0. The van der Waals surface area contributed by atoms with Gasteiger partial charge in [0.05, 0.1) is 7.11 Å². The molecule has 1 amide bonds. The third-order valence-corrected chi connectivity index (χ3v) is 2.79. The standard InChI is InChI=1S/C14H12N4O2/c1-9-7-10(5-6-16-9)12-4-3-11(8-13(12)20-2)14(19)17-18-15/h3-8H,1-2H3. The summed E-state index contributed by atoms with van der Waals surface area (Å²) in [5.74, 6) is -0.0992. The van der Waals surface area contributed by atoms with E-state index in [1.807, 2.05) is 19.1 Å². The zero-order valence-corrected chi connectivity index (χ0v) is 11.1. The number of pyridine rings is 1. The van der Waals surface area contributed by atoms with Crippen molar-refractivity contribution in [1.82, 2.24) is 4.98 Å². The average Bonchev–Trinajstić information content (AvgIpc) is 2.46. The van der Waals surface area contributed by atoms with Gasteiger partial charge in [0.15, 0.2) is 0 Å². The van der Waals surface area contributed by atoms with Crippen LogP contribution in [0.3, 0.4) is 0 Å². The van der Waals surface area contributed by atoms with Crippen molar-refractivity contribution in [1.29, 1.82) is 0 Å². The normalized spacial score (nSPS) is 9.70. The lowest BCUT2D eigenvalue weighted by Gasteiger charge is -2.10. The molecule has 0 aliphatic heterocycles. The molecule has 0 atom stereocenters. The van der Waals surface area contributed by atoms with Gasteiger partial charge in [0, 0.05) is 27.9 Å². The molecule has 2 aromatic rings. The van der Waals surface area contributed by atoms with Crippen LogP contribution in [0.2, 0.25) is 0 Å². The summed E-state index contributed by atoms with van der Waals surface area (Å²) >= 11 is 0. The van der Waals surface area contributed by atoms with Gasteiger partial charge in [-0.05, 0) is 47.4 Å². The summed E-state index contributed by atoms with van der Waals surface area (Å²) < 4.78 is 5.30. The number of nitrogens with zero attached hydrogens (tertiary/aromatic N) is 4. The summed E-state index contributed by atoms with van der Waals surface area (Å²) in [6.45, 7) is 1.90. The second-order valence-corrected chi connectivity index (χ2v) is 4.10. The Kier molecular flexibility index (Phi) is 3.98. The minimum atomic E-state index is -0.636. The van der Waals surface area contributed by atoms with Crippen molar-refractivity contribution < 1.29 is 9.53 Å². The topological polar surface area (TPSA) is 88.0 Å². The molecule has 0 spiro atoms. The van der Waals surface area contributed by atoms with E-state index in [1.54, 1.807) is 24.4 Å². The van der Waals surface area contributed by atoms with Crippen molar-refractivity contribution >= 4 is 5.91 Å². The number of carbonyl (C=O) groups is 1. The molecule has 0 saturated heterocycles. The van der Waals surface area contributed by atoms with Gasteiger partial charge in [0.25, 0.3) is 0 Å². The molecule has 1 aromatic heterocycles. The summed E-state index contributed by atoms with van der Waals surface area (Å²) in [4.78, 5) is 18.2. The number of aryl methyl sites for hydroxylation is 1. The van der Waals surface area contributed by atoms with Crippen LogP contribution in [0.1, 0.15) is 16.1 Å². The van der Waals surface area contributed by atoms with E-state index < -0.39 is 5.91 Å². The quantitative estimate of drug-likeness (QED) is 0.484. The van der Waals surface area contributed by atoms with E-state index in [0.29, 0.717) is 5.75 Å². The van der Waals surface area contributed by atoms with Crippen LogP contribution in [0.4, 0.5) is 0 Å². The highest BCUT2D eigenvalue weighted by Gasteiger charge is 2.10. The summed E-state index contributed by atoms with van der Waals surface area (Å²) in [7, 11) is 1.52. The first-order chi connectivity index (χ1) is 9.65. The predicted molar refractivity (Wildman–Crippen MR) is 74.4 cm³/mol. The Balaban J connectivity index is 2.51. The van der Waals surface area contributed by atoms with Gasteiger partial charge in [-0.2, -0.15) is 0 Å². The molecule has 1 aromatic carbocycles. The van der Waals surface area contributed by atoms with Crippen molar-refractivity contribution in [3.8, 4) is 16.9 Å². The average molecular weight is 268 g/mol. The van der Waals surface area contributed by atoms with Gasteiger partial charge >= 0.3 is 0 Å². The maximum Gasteiger partial charge on any atom is 0.249 e. The van der Waals surface area contributed by atoms with Gasteiger partial charge in [-0.3, -0.25) is 9.78 Å². The zero-order valence-electron chi connectivity index (χ0n) is 11.1. The van der Waals surface area contributed by atoms with E-state index in [4.69, 9.17) is 10.3 Å².